The molecule has 0 radical (unpaired) electrons. The van der Waals surface area contributed by atoms with Crippen LogP contribution in [0, 0.1) is 0 Å². The molecule has 0 saturated heterocycles. The van der Waals surface area contributed by atoms with Gasteiger partial charge in [0.15, 0.2) is 9.04 Å². The fourth-order valence-electron chi connectivity index (χ4n) is 0.741. The first-order valence-corrected chi connectivity index (χ1v) is 10.9. The van der Waals surface area contributed by atoms with Crippen molar-refractivity contribution >= 4 is 27.6 Å². The summed E-state index contributed by atoms with van der Waals surface area (Å²) in [5.74, 6) is 0. The van der Waals surface area contributed by atoms with Gasteiger partial charge in [-0.1, -0.05) is 0 Å². The van der Waals surface area contributed by atoms with Crippen LogP contribution in [0.15, 0.2) is 0 Å². The SMILES string of the molecule is CO[SiH](C)O[SiH](C)O[SiH](C)C. The van der Waals surface area contributed by atoms with Crippen molar-refractivity contribution in [3.8, 4) is 0 Å². The van der Waals surface area contributed by atoms with Crippen molar-refractivity contribution in [3.63, 3.8) is 0 Å². The van der Waals surface area contributed by atoms with Gasteiger partial charge in [-0.05, 0) is 26.2 Å². The molecule has 0 N–H and O–H groups in total. The quantitative estimate of drug-likeness (QED) is 0.613. The molecule has 3 nitrogen and oxygen atoms in total. The first-order chi connectivity index (χ1) is 5.06. The Kier molecular flexibility index (Phi) is 6.39. The lowest BCUT2D eigenvalue weighted by Gasteiger charge is -2.18. The monoisotopic (exact) mass is 210 g/mol. The standard InChI is InChI=1S/C5H18O3Si3/c1-6-10(4)8-11(5)7-9(2)3/h9-11H,1-5H3. The third-order valence-electron chi connectivity index (χ3n) is 1.18. The van der Waals surface area contributed by atoms with Gasteiger partial charge in [0.2, 0.25) is 0 Å². The zero-order valence-corrected chi connectivity index (χ0v) is 11.4. The second-order valence-corrected chi connectivity index (χ2v) is 9.71. The lowest BCUT2D eigenvalue weighted by atomic mass is 11.8. The number of rotatable bonds is 5. The minimum Gasteiger partial charge on any atom is -0.442 e. The fourth-order valence-corrected chi connectivity index (χ4v) is 7.24. The van der Waals surface area contributed by atoms with E-state index in [1.807, 2.05) is 6.55 Å². The minimum absolute atomic E-state index is 0.895. The summed E-state index contributed by atoms with van der Waals surface area (Å²) in [4.78, 5) is 0. The zero-order valence-electron chi connectivity index (χ0n) is 7.96. The van der Waals surface area contributed by atoms with Crippen LogP contribution in [-0.4, -0.2) is 34.7 Å². The van der Waals surface area contributed by atoms with Gasteiger partial charge in [-0.3, -0.25) is 0 Å². The largest absolute Gasteiger partial charge is 0.442 e. The van der Waals surface area contributed by atoms with E-state index in [0.717, 1.165) is 0 Å². The Bertz CT molecular complexity index is 101. The molecule has 2 unspecified atom stereocenters. The Morgan fingerprint density at radius 3 is 1.73 bits per heavy atom. The summed E-state index contributed by atoms with van der Waals surface area (Å²) in [6.07, 6.45) is 0. The van der Waals surface area contributed by atoms with Gasteiger partial charge in [0.05, 0.1) is 0 Å². The van der Waals surface area contributed by atoms with Crippen LogP contribution in [0.5, 0.6) is 0 Å². The first-order valence-electron chi connectivity index (χ1n) is 3.90. The van der Waals surface area contributed by atoms with Gasteiger partial charge in [0.1, 0.15) is 0 Å². The smallest absolute Gasteiger partial charge is 0.308 e. The summed E-state index contributed by atoms with van der Waals surface area (Å²) in [6, 6.07) is 0. The molecule has 0 fully saturated rings. The van der Waals surface area contributed by atoms with Crippen LogP contribution < -0.4 is 0 Å². The fraction of sp³-hybridized carbons (Fsp3) is 1.00. The topological polar surface area (TPSA) is 27.7 Å². The number of hydrogen-bond acceptors (Lipinski definition) is 3. The summed E-state index contributed by atoms with van der Waals surface area (Å²) in [5, 5.41) is 0. The molecule has 0 spiro atoms. The van der Waals surface area contributed by atoms with Gasteiger partial charge in [-0.2, -0.15) is 0 Å². The highest BCUT2D eigenvalue weighted by Crippen LogP contribution is 1.96. The molecule has 6 heteroatoms. The zero-order chi connectivity index (χ0) is 8.85. The van der Waals surface area contributed by atoms with Gasteiger partial charge in [0.25, 0.3) is 9.28 Å². The third kappa shape index (κ3) is 6.91. The van der Waals surface area contributed by atoms with Gasteiger partial charge in [-0.15, -0.1) is 0 Å². The molecule has 0 amide bonds. The molecule has 68 valence electrons. The molecule has 2 atom stereocenters. The van der Waals surface area contributed by atoms with E-state index in [0.29, 0.717) is 0 Å². The second-order valence-electron chi connectivity index (χ2n) is 2.69. The average molecular weight is 210 g/mol. The van der Waals surface area contributed by atoms with Crippen LogP contribution in [0.2, 0.25) is 26.2 Å². The predicted octanol–water partition coefficient (Wildman–Crippen LogP) is 0.350. The van der Waals surface area contributed by atoms with Crippen molar-refractivity contribution in [1.82, 2.24) is 0 Å². The van der Waals surface area contributed by atoms with Crippen LogP contribution in [0.3, 0.4) is 0 Å². The van der Waals surface area contributed by atoms with Crippen LogP contribution >= 0.6 is 0 Å². The van der Waals surface area contributed by atoms with Crippen LogP contribution in [-0.2, 0) is 12.7 Å². The average Bonchev–Trinajstić information content (AvgIpc) is 1.85. The maximum atomic E-state index is 5.63. The maximum Gasteiger partial charge on any atom is 0.308 e. The Morgan fingerprint density at radius 2 is 1.36 bits per heavy atom. The van der Waals surface area contributed by atoms with E-state index in [9.17, 15) is 0 Å². The Balaban J connectivity index is 3.43. The molecule has 0 rings (SSSR count). The van der Waals surface area contributed by atoms with Crippen LogP contribution in [0.25, 0.3) is 0 Å². The lowest BCUT2D eigenvalue weighted by Crippen LogP contribution is -2.32. The molecule has 0 heterocycles. The highest BCUT2D eigenvalue weighted by atomic mass is 28.4. The first kappa shape index (κ1) is 11.5. The van der Waals surface area contributed by atoms with E-state index in [2.05, 4.69) is 19.6 Å². The van der Waals surface area contributed by atoms with Gasteiger partial charge in [-0.25, -0.2) is 0 Å². The number of hydrogen-bond donors (Lipinski definition) is 0. The van der Waals surface area contributed by atoms with E-state index in [1.165, 1.54) is 0 Å². The van der Waals surface area contributed by atoms with Crippen molar-refractivity contribution in [2.24, 2.45) is 0 Å². The van der Waals surface area contributed by atoms with Gasteiger partial charge >= 0.3 is 9.28 Å². The summed E-state index contributed by atoms with van der Waals surface area (Å²) >= 11 is 0. The van der Waals surface area contributed by atoms with E-state index >= 15 is 0 Å². The highest BCUT2D eigenvalue weighted by Gasteiger charge is 2.13. The molecule has 0 aromatic rings. The van der Waals surface area contributed by atoms with Crippen molar-refractivity contribution in [2.75, 3.05) is 7.11 Å². The van der Waals surface area contributed by atoms with Crippen LogP contribution in [0.1, 0.15) is 0 Å². The molecule has 0 aliphatic heterocycles. The molecule has 0 saturated carbocycles. The van der Waals surface area contributed by atoms with Crippen molar-refractivity contribution < 1.29 is 12.7 Å². The molecule has 0 aliphatic rings. The van der Waals surface area contributed by atoms with E-state index in [4.69, 9.17) is 12.7 Å². The minimum atomic E-state index is -1.34. The summed E-state index contributed by atoms with van der Waals surface area (Å²) in [7, 11) is -1.87. The normalized spacial score (nSPS) is 16.9. The Morgan fingerprint density at radius 1 is 0.818 bits per heavy atom. The summed E-state index contributed by atoms with van der Waals surface area (Å²) in [5.41, 5.74) is 0. The third-order valence-corrected chi connectivity index (χ3v) is 8.62. The Hall–Kier alpha value is 0.531. The second kappa shape index (κ2) is 6.09. The van der Waals surface area contributed by atoms with Crippen molar-refractivity contribution in [2.45, 2.75) is 26.2 Å². The van der Waals surface area contributed by atoms with Crippen molar-refractivity contribution in [3.05, 3.63) is 0 Å². The molecular formula is C5H18O3Si3. The molecular weight excluding hydrogens is 192 g/mol. The molecule has 11 heavy (non-hydrogen) atoms. The molecule has 0 aromatic heterocycles. The predicted molar refractivity (Wildman–Crippen MR) is 54.1 cm³/mol. The molecule has 0 bridgehead atoms. The highest BCUT2D eigenvalue weighted by molar-refractivity contribution is 6.65. The van der Waals surface area contributed by atoms with Gasteiger partial charge < -0.3 is 12.7 Å². The van der Waals surface area contributed by atoms with Gasteiger partial charge in [0, 0.05) is 7.11 Å². The van der Waals surface area contributed by atoms with Crippen molar-refractivity contribution in [1.29, 1.82) is 0 Å². The Labute approximate surface area is 74.1 Å². The summed E-state index contributed by atoms with van der Waals surface area (Å²) in [6.45, 7) is 8.40. The summed E-state index contributed by atoms with van der Waals surface area (Å²) < 4.78 is 16.3. The van der Waals surface area contributed by atoms with E-state index in [1.54, 1.807) is 7.11 Å². The van der Waals surface area contributed by atoms with E-state index in [-0.39, 0.29) is 0 Å². The molecule has 0 aliphatic carbocycles. The lowest BCUT2D eigenvalue weighted by molar-refractivity contribution is 0.320. The van der Waals surface area contributed by atoms with E-state index < -0.39 is 27.6 Å². The maximum absolute atomic E-state index is 5.63. The molecule has 0 aromatic carbocycles. The van der Waals surface area contributed by atoms with Crippen LogP contribution in [0.4, 0.5) is 0 Å².